The second-order valence-electron chi connectivity index (χ2n) is 7.00. The molecule has 0 radical (unpaired) electrons. The van der Waals surface area contributed by atoms with Crippen molar-refractivity contribution in [3.63, 3.8) is 0 Å². The Labute approximate surface area is 129 Å². The van der Waals surface area contributed by atoms with Crippen LogP contribution in [0.5, 0.6) is 5.75 Å². The number of benzene rings is 1. The molecule has 1 aromatic rings. The molecule has 1 unspecified atom stereocenters. The highest BCUT2D eigenvalue weighted by Crippen LogP contribution is 2.43. The first-order valence-corrected chi connectivity index (χ1v) is 8.74. The lowest BCUT2D eigenvalue weighted by Crippen LogP contribution is -2.42. The van der Waals surface area contributed by atoms with Crippen LogP contribution in [0.3, 0.4) is 0 Å². The third-order valence-electron chi connectivity index (χ3n) is 6.25. The van der Waals surface area contributed by atoms with Crippen LogP contribution in [0.1, 0.15) is 69.5 Å². The van der Waals surface area contributed by atoms with Gasteiger partial charge in [0.05, 0.1) is 0 Å². The Morgan fingerprint density at radius 2 is 1.90 bits per heavy atom. The zero-order chi connectivity index (χ0) is 14.9. The van der Waals surface area contributed by atoms with Crippen LogP contribution in [0, 0.1) is 5.41 Å². The maximum absolute atomic E-state index is 10.1. The van der Waals surface area contributed by atoms with E-state index in [4.69, 9.17) is 0 Å². The molecule has 1 heterocycles. The number of likely N-dealkylation sites (tertiary alicyclic amines) is 1. The molecule has 2 aliphatic rings. The third-order valence-corrected chi connectivity index (χ3v) is 6.25. The number of rotatable bonds is 3. The monoisotopic (exact) mass is 287 g/mol. The van der Waals surface area contributed by atoms with Gasteiger partial charge in [-0.05, 0) is 67.8 Å². The number of nitrogens with zero attached hydrogens (tertiary/aromatic N) is 1. The molecule has 1 saturated heterocycles. The molecule has 0 amide bonds. The molecular weight excluding hydrogens is 258 g/mol. The van der Waals surface area contributed by atoms with Crippen LogP contribution in [-0.2, 0) is 6.42 Å². The second-order valence-corrected chi connectivity index (χ2v) is 7.00. The number of hydrogen-bond acceptors (Lipinski definition) is 2. The number of piperidine rings is 1. The summed E-state index contributed by atoms with van der Waals surface area (Å²) in [5, 5.41) is 10.1. The van der Waals surface area contributed by atoms with Crippen LogP contribution in [0.4, 0.5) is 0 Å². The molecular formula is C19H29NO. The van der Waals surface area contributed by atoms with Crippen molar-refractivity contribution in [2.24, 2.45) is 5.41 Å². The van der Waals surface area contributed by atoms with E-state index in [-0.39, 0.29) is 0 Å². The number of phenols is 1. The number of hydrogen-bond donors (Lipinski definition) is 1. The predicted molar refractivity (Wildman–Crippen MR) is 87.6 cm³/mol. The van der Waals surface area contributed by atoms with Crippen LogP contribution in [0.2, 0.25) is 0 Å². The topological polar surface area (TPSA) is 23.5 Å². The molecule has 0 saturated carbocycles. The Bertz CT molecular complexity index is 482. The Kier molecular flexibility index (Phi) is 4.26. The molecule has 0 spiro atoms. The van der Waals surface area contributed by atoms with Gasteiger partial charge in [-0.2, -0.15) is 0 Å². The van der Waals surface area contributed by atoms with E-state index in [1.807, 2.05) is 12.1 Å². The number of aromatic hydroxyl groups is 1. The molecule has 116 valence electrons. The van der Waals surface area contributed by atoms with Crippen molar-refractivity contribution in [2.75, 3.05) is 13.1 Å². The van der Waals surface area contributed by atoms with Gasteiger partial charge in [0.25, 0.3) is 0 Å². The first-order valence-electron chi connectivity index (χ1n) is 8.74. The molecule has 1 aromatic carbocycles. The van der Waals surface area contributed by atoms with Gasteiger partial charge in [0.15, 0.2) is 0 Å². The van der Waals surface area contributed by atoms with E-state index in [9.17, 15) is 5.11 Å². The molecule has 21 heavy (non-hydrogen) atoms. The van der Waals surface area contributed by atoms with Crippen molar-refractivity contribution in [1.29, 1.82) is 0 Å². The van der Waals surface area contributed by atoms with Crippen LogP contribution in [0.25, 0.3) is 0 Å². The fourth-order valence-electron chi connectivity index (χ4n) is 4.45. The quantitative estimate of drug-likeness (QED) is 0.873. The highest BCUT2D eigenvalue weighted by atomic mass is 16.3. The summed E-state index contributed by atoms with van der Waals surface area (Å²) in [6, 6.07) is 6.63. The first-order chi connectivity index (χ1) is 10.2. The average Bonchev–Trinajstić information content (AvgIpc) is 2.55. The lowest BCUT2D eigenvalue weighted by Gasteiger charge is -2.45. The van der Waals surface area contributed by atoms with E-state index in [0.29, 0.717) is 17.2 Å². The van der Waals surface area contributed by atoms with E-state index in [1.165, 1.54) is 62.7 Å². The molecule has 0 aromatic heterocycles. The van der Waals surface area contributed by atoms with Gasteiger partial charge in [0, 0.05) is 6.04 Å². The molecule has 1 atom stereocenters. The lowest BCUT2D eigenvalue weighted by molar-refractivity contribution is 0.0597. The van der Waals surface area contributed by atoms with Crippen molar-refractivity contribution in [3.05, 3.63) is 29.3 Å². The summed E-state index contributed by atoms with van der Waals surface area (Å²) in [6.45, 7) is 7.16. The van der Waals surface area contributed by atoms with Crippen LogP contribution < -0.4 is 0 Å². The molecule has 2 nitrogen and oxygen atoms in total. The van der Waals surface area contributed by atoms with Crippen LogP contribution in [0.15, 0.2) is 18.2 Å². The maximum Gasteiger partial charge on any atom is 0.119 e. The summed E-state index contributed by atoms with van der Waals surface area (Å²) in [6.07, 6.45) is 8.81. The van der Waals surface area contributed by atoms with Gasteiger partial charge < -0.3 is 5.11 Å². The van der Waals surface area contributed by atoms with Crippen molar-refractivity contribution < 1.29 is 5.11 Å². The lowest BCUT2D eigenvalue weighted by atomic mass is 9.73. The Morgan fingerprint density at radius 3 is 2.57 bits per heavy atom. The molecule has 1 aliphatic heterocycles. The van der Waals surface area contributed by atoms with Gasteiger partial charge in [-0.1, -0.05) is 38.8 Å². The van der Waals surface area contributed by atoms with E-state index in [2.05, 4.69) is 24.8 Å². The molecule has 1 fully saturated rings. The Balaban J connectivity index is 1.77. The summed E-state index contributed by atoms with van der Waals surface area (Å²) in [7, 11) is 0. The average molecular weight is 287 g/mol. The van der Waals surface area contributed by atoms with Crippen LogP contribution in [-0.4, -0.2) is 23.1 Å². The Morgan fingerprint density at radius 1 is 1.19 bits per heavy atom. The summed E-state index contributed by atoms with van der Waals surface area (Å²) >= 11 is 0. The number of phenolic OH excluding ortho intramolecular Hbond substituents is 1. The molecule has 2 heteroatoms. The van der Waals surface area contributed by atoms with Crippen molar-refractivity contribution >= 4 is 0 Å². The fourth-order valence-corrected chi connectivity index (χ4v) is 4.45. The van der Waals surface area contributed by atoms with E-state index >= 15 is 0 Å². The molecule has 0 bridgehead atoms. The standard InChI is InChI=1S/C19H29NO/c1-3-19(4-2)11-13-20(14-12-19)17-9-5-8-16-15(17)7-6-10-18(16)21/h6-7,10,17,21H,3-5,8-9,11-14H2,1-2H3. The van der Waals surface area contributed by atoms with Gasteiger partial charge in [0.2, 0.25) is 0 Å². The van der Waals surface area contributed by atoms with Crippen LogP contribution >= 0.6 is 0 Å². The highest BCUT2D eigenvalue weighted by Gasteiger charge is 2.35. The summed E-state index contributed by atoms with van der Waals surface area (Å²) < 4.78 is 0. The van der Waals surface area contributed by atoms with Crippen molar-refractivity contribution in [1.82, 2.24) is 4.90 Å². The largest absolute Gasteiger partial charge is 0.508 e. The number of fused-ring (bicyclic) bond motifs is 1. The normalized spacial score (nSPS) is 25.5. The van der Waals surface area contributed by atoms with Gasteiger partial charge in [-0.3, -0.25) is 4.90 Å². The smallest absolute Gasteiger partial charge is 0.119 e. The zero-order valence-electron chi connectivity index (χ0n) is 13.6. The summed E-state index contributed by atoms with van der Waals surface area (Å²) in [5.41, 5.74) is 3.19. The fraction of sp³-hybridized carbons (Fsp3) is 0.684. The van der Waals surface area contributed by atoms with E-state index in [1.54, 1.807) is 0 Å². The summed E-state index contributed by atoms with van der Waals surface area (Å²) in [5.74, 6) is 0.505. The molecule has 1 N–H and O–H groups in total. The van der Waals surface area contributed by atoms with Crippen molar-refractivity contribution in [2.45, 2.75) is 64.8 Å². The van der Waals surface area contributed by atoms with Gasteiger partial charge in [0.1, 0.15) is 5.75 Å². The van der Waals surface area contributed by atoms with Gasteiger partial charge in [-0.15, -0.1) is 0 Å². The minimum atomic E-state index is 0.505. The minimum Gasteiger partial charge on any atom is -0.508 e. The molecule has 3 rings (SSSR count). The molecule has 1 aliphatic carbocycles. The minimum absolute atomic E-state index is 0.505. The summed E-state index contributed by atoms with van der Waals surface area (Å²) in [4.78, 5) is 2.68. The highest BCUT2D eigenvalue weighted by molar-refractivity contribution is 5.42. The van der Waals surface area contributed by atoms with Gasteiger partial charge >= 0.3 is 0 Å². The first kappa shape index (κ1) is 14.9. The Hall–Kier alpha value is -1.02. The third kappa shape index (κ3) is 2.70. The van der Waals surface area contributed by atoms with Crippen molar-refractivity contribution in [3.8, 4) is 5.75 Å². The van der Waals surface area contributed by atoms with E-state index < -0.39 is 0 Å². The van der Waals surface area contributed by atoms with Gasteiger partial charge in [-0.25, -0.2) is 0 Å². The maximum atomic E-state index is 10.1. The SMILES string of the molecule is CCC1(CC)CCN(C2CCCc3c(O)cccc32)CC1. The van der Waals surface area contributed by atoms with E-state index in [0.717, 1.165) is 6.42 Å². The zero-order valence-corrected chi connectivity index (χ0v) is 13.6. The predicted octanol–water partition coefficient (Wildman–Crippen LogP) is 4.67. The second kappa shape index (κ2) is 6.00.